The van der Waals surface area contributed by atoms with Gasteiger partial charge in [-0.15, -0.1) is 0 Å². The Morgan fingerprint density at radius 3 is 2.45 bits per heavy atom. The van der Waals surface area contributed by atoms with Gasteiger partial charge < -0.3 is 14.6 Å². The van der Waals surface area contributed by atoms with Crippen LogP contribution in [0.4, 0.5) is 0 Å². The Labute approximate surface area is 128 Å². The summed E-state index contributed by atoms with van der Waals surface area (Å²) in [7, 11) is 3.02. The van der Waals surface area contributed by atoms with Crippen LogP contribution in [0.3, 0.4) is 0 Å². The zero-order chi connectivity index (χ0) is 15.5. The molecule has 1 aromatic heterocycles. The normalized spacial score (nSPS) is 10.5. The molecule has 5 heteroatoms. The summed E-state index contributed by atoms with van der Waals surface area (Å²) >= 11 is 0. The molecule has 0 saturated carbocycles. The maximum atomic E-state index is 10.4. The van der Waals surface area contributed by atoms with E-state index in [1.807, 2.05) is 36.4 Å². The molecule has 3 rings (SSSR count). The quantitative estimate of drug-likeness (QED) is 0.773. The number of hydrogen-bond acceptors (Lipinski definition) is 4. The molecule has 1 heterocycles. The number of phenols is 1. The van der Waals surface area contributed by atoms with Crippen LogP contribution in [0.1, 0.15) is 0 Å². The molecule has 2 aromatic carbocycles. The second kappa shape index (κ2) is 5.81. The van der Waals surface area contributed by atoms with E-state index in [9.17, 15) is 5.11 Å². The number of aromatic nitrogens is 2. The average molecular weight is 296 g/mol. The molecular formula is C17H16N2O3. The molecule has 0 aliphatic carbocycles. The molecule has 0 bridgehead atoms. The zero-order valence-electron chi connectivity index (χ0n) is 12.3. The van der Waals surface area contributed by atoms with Gasteiger partial charge in [0.1, 0.15) is 0 Å². The number of aromatic amines is 1. The molecule has 0 spiro atoms. The lowest BCUT2D eigenvalue weighted by atomic mass is 10.1. The third-order valence-corrected chi connectivity index (χ3v) is 3.46. The fraction of sp³-hybridized carbons (Fsp3) is 0.118. The maximum Gasteiger partial charge on any atom is 0.203 e. The second-order valence-electron chi connectivity index (χ2n) is 4.73. The van der Waals surface area contributed by atoms with E-state index in [-0.39, 0.29) is 5.75 Å². The molecule has 0 unspecified atom stereocenters. The predicted octanol–water partition coefficient (Wildman–Crippen LogP) is 3.47. The van der Waals surface area contributed by atoms with Gasteiger partial charge in [0.25, 0.3) is 0 Å². The van der Waals surface area contributed by atoms with Crippen LogP contribution in [-0.2, 0) is 0 Å². The van der Waals surface area contributed by atoms with E-state index >= 15 is 0 Å². The molecule has 0 aliphatic heterocycles. The molecule has 5 nitrogen and oxygen atoms in total. The fourth-order valence-corrected chi connectivity index (χ4v) is 2.34. The Bertz CT molecular complexity index is 782. The molecule has 0 saturated heterocycles. The predicted molar refractivity (Wildman–Crippen MR) is 84.2 cm³/mol. The first kappa shape index (κ1) is 14.0. The zero-order valence-corrected chi connectivity index (χ0v) is 12.3. The van der Waals surface area contributed by atoms with Gasteiger partial charge in [-0.3, -0.25) is 5.10 Å². The van der Waals surface area contributed by atoms with E-state index in [1.54, 1.807) is 12.1 Å². The number of rotatable bonds is 4. The Kier molecular flexibility index (Phi) is 3.70. The van der Waals surface area contributed by atoms with Gasteiger partial charge in [-0.05, 0) is 18.2 Å². The maximum absolute atomic E-state index is 10.4. The fourth-order valence-electron chi connectivity index (χ4n) is 2.34. The summed E-state index contributed by atoms with van der Waals surface area (Å²) in [6.45, 7) is 0. The number of nitrogens with one attached hydrogen (secondary N) is 1. The Morgan fingerprint density at radius 1 is 1.00 bits per heavy atom. The Hall–Kier alpha value is -2.95. The monoisotopic (exact) mass is 296 g/mol. The van der Waals surface area contributed by atoms with Crippen molar-refractivity contribution in [2.24, 2.45) is 0 Å². The van der Waals surface area contributed by atoms with Crippen LogP contribution < -0.4 is 9.47 Å². The van der Waals surface area contributed by atoms with E-state index in [4.69, 9.17) is 9.47 Å². The number of nitrogens with zero attached hydrogens (tertiary/aromatic N) is 1. The van der Waals surface area contributed by atoms with Crippen molar-refractivity contribution in [3.63, 3.8) is 0 Å². The SMILES string of the molecule is COc1ccc(-c2cc(-c3ccccc3)n[nH]2)c(O)c1OC. The number of ether oxygens (including phenoxy) is 2. The van der Waals surface area contributed by atoms with Gasteiger partial charge in [0.05, 0.1) is 25.6 Å². The first-order chi connectivity index (χ1) is 10.7. The van der Waals surface area contributed by atoms with Crippen molar-refractivity contribution >= 4 is 0 Å². The van der Waals surface area contributed by atoms with Crippen molar-refractivity contribution in [1.29, 1.82) is 0 Å². The van der Waals surface area contributed by atoms with Gasteiger partial charge in [0, 0.05) is 11.1 Å². The van der Waals surface area contributed by atoms with Crippen molar-refractivity contribution in [1.82, 2.24) is 10.2 Å². The number of H-pyrrole nitrogens is 1. The molecule has 0 fully saturated rings. The van der Waals surface area contributed by atoms with Gasteiger partial charge in [0.2, 0.25) is 5.75 Å². The molecule has 22 heavy (non-hydrogen) atoms. The van der Waals surface area contributed by atoms with Crippen LogP contribution in [0.25, 0.3) is 22.5 Å². The van der Waals surface area contributed by atoms with E-state index in [0.717, 1.165) is 11.3 Å². The lowest BCUT2D eigenvalue weighted by molar-refractivity contribution is 0.333. The first-order valence-electron chi connectivity index (χ1n) is 6.79. The highest BCUT2D eigenvalue weighted by atomic mass is 16.5. The molecule has 0 amide bonds. The number of hydrogen-bond donors (Lipinski definition) is 2. The number of phenolic OH excluding ortho intramolecular Hbond substituents is 1. The van der Waals surface area contributed by atoms with Crippen LogP contribution in [0.2, 0.25) is 0 Å². The summed E-state index contributed by atoms with van der Waals surface area (Å²) in [6.07, 6.45) is 0. The number of methoxy groups -OCH3 is 2. The largest absolute Gasteiger partial charge is 0.504 e. The molecule has 0 radical (unpaired) electrons. The summed E-state index contributed by atoms with van der Waals surface area (Å²) in [4.78, 5) is 0. The lowest BCUT2D eigenvalue weighted by Gasteiger charge is -2.11. The number of aromatic hydroxyl groups is 1. The molecule has 0 atom stereocenters. The molecule has 112 valence electrons. The van der Waals surface area contributed by atoms with Gasteiger partial charge in [-0.1, -0.05) is 30.3 Å². The van der Waals surface area contributed by atoms with Crippen molar-refractivity contribution in [3.05, 3.63) is 48.5 Å². The van der Waals surface area contributed by atoms with Crippen molar-refractivity contribution in [2.45, 2.75) is 0 Å². The molecule has 0 aliphatic rings. The highest BCUT2D eigenvalue weighted by molar-refractivity contribution is 5.76. The van der Waals surface area contributed by atoms with E-state index in [1.165, 1.54) is 14.2 Å². The Morgan fingerprint density at radius 2 is 1.77 bits per heavy atom. The van der Waals surface area contributed by atoms with Gasteiger partial charge in [0.15, 0.2) is 11.5 Å². The molecule has 2 N–H and O–H groups in total. The summed E-state index contributed by atoms with van der Waals surface area (Å²) in [5.41, 5.74) is 3.12. The molecule has 3 aromatic rings. The highest BCUT2D eigenvalue weighted by Gasteiger charge is 2.17. The van der Waals surface area contributed by atoms with Gasteiger partial charge in [-0.2, -0.15) is 5.10 Å². The summed E-state index contributed by atoms with van der Waals surface area (Å²) in [5.74, 6) is 0.799. The standard InChI is InChI=1S/C17H16N2O3/c1-21-15-9-8-12(16(20)17(15)22-2)14-10-13(18-19-14)11-6-4-3-5-7-11/h3-10,20H,1-2H3,(H,18,19). The third kappa shape index (κ3) is 2.37. The average Bonchev–Trinajstić information content (AvgIpc) is 3.05. The molecular weight excluding hydrogens is 280 g/mol. The van der Waals surface area contributed by atoms with Crippen LogP contribution in [0, 0.1) is 0 Å². The minimum atomic E-state index is 0.0186. The van der Waals surface area contributed by atoms with Crippen molar-refractivity contribution in [2.75, 3.05) is 14.2 Å². The van der Waals surface area contributed by atoms with Crippen molar-refractivity contribution in [3.8, 4) is 39.8 Å². The van der Waals surface area contributed by atoms with E-state index < -0.39 is 0 Å². The lowest BCUT2D eigenvalue weighted by Crippen LogP contribution is -1.92. The second-order valence-corrected chi connectivity index (χ2v) is 4.73. The van der Waals surface area contributed by atoms with Gasteiger partial charge >= 0.3 is 0 Å². The summed E-state index contributed by atoms with van der Waals surface area (Å²) < 4.78 is 10.4. The van der Waals surface area contributed by atoms with Gasteiger partial charge in [-0.25, -0.2) is 0 Å². The third-order valence-electron chi connectivity index (χ3n) is 3.46. The number of benzene rings is 2. The first-order valence-corrected chi connectivity index (χ1v) is 6.79. The van der Waals surface area contributed by atoms with Crippen LogP contribution in [0.15, 0.2) is 48.5 Å². The minimum absolute atomic E-state index is 0.0186. The highest BCUT2D eigenvalue weighted by Crippen LogP contribution is 2.43. The summed E-state index contributed by atoms with van der Waals surface area (Å²) in [6, 6.07) is 15.2. The smallest absolute Gasteiger partial charge is 0.203 e. The van der Waals surface area contributed by atoms with E-state index in [2.05, 4.69) is 10.2 Å². The van der Waals surface area contributed by atoms with E-state index in [0.29, 0.717) is 22.8 Å². The van der Waals surface area contributed by atoms with Crippen molar-refractivity contribution < 1.29 is 14.6 Å². The van der Waals surface area contributed by atoms with Crippen LogP contribution in [0.5, 0.6) is 17.2 Å². The summed E-state index contributed by atoms with van der Waals surface area (Å²) in [5, 5.41) is 17.6. The topological polar surface area (TPSA) is 67.4 Å². The Balaban J connectivity index is 2.04. The van der Waals surface area contributed by atoms with Crippen LogP contribution in [-0.4, -0.2) is 29.5 Å². The van der Waals surface area contributed by atoms with Crippen LogP contribution >= 0.6 is 0 Å². The minimum Gasteiger partial charge on any atom is -0.504 e.